The number of hydrogen-bond acceptors (Lipinski definition) is 6. The molecule has 1 saturated carbocycles. The van der Waals surface area contributed by atoms with Gasteiger partial charge in [0.25, 0.3) is 18.8 Å². The number of nitrogens with zero attached hydrogens (tertiary/aromatic N) is 5. The van der Waals surface area contributed by atoms with E-state index in [0.29, 0.717) is 32.8 Å². The number of benzene rings is 2. The fourth-order valence-corrected chi connectivity index (χ4v) is 7.25. The van der Waals surface area contributed by atoms with Crippen LogP contribution in [0.3, 0.4) is 0 Å². The molecule has 17 heteroatoms. The predicted octanol–water partition coefficient (Wildman–Crippen LogP) is 7.16. The molecule has 2 aliphatic carbocycles. The number of hydrogen-bond donors (Lipinski definition) is 3. The van der Waals surface area contributed by atoms with Gasteiger partial charge in [-0.3, -0.25) is 14.2 Å². The lowest BCUT2D eigenvalue weighted by atomic mass is 9.93. The molecule has 2 aliphatic rings. The summed E-state index contributed by atoms with van der Waals surface area (Å²) in [7, 11) is 1.58. The summed E-state index contributed by atoms with van der Waals surface area (Å²) in [5, 5.41) is 24.2. The van der Waals surface area contributed by atoms with Gasteiger partial charge in [-0.05, 0) is 74.4 Å². The van der Waals surface area contributed by atoms with Gasteiger partial charge in [0.15, 0.2) is 5.82 Å². The Hall–Kier alpha value is -5.50. The van der Waals surface area contributed by atoms with Gasteiger partial charge in [-0.2, -0.15) is 19.0 Å². The molecule has 3 aromatic heterocycles. The highest BCUT2D eigenvalue weighted by atomic mass is 19.3. The van der Waals surface area contributed by atoms with Crippen LogP contribution in [0.2, 0.25) is 0 Å². The van der Waals surface area contributed by atoms with Gasteiger partial charge >= 0.3 is 0 Å². The van der Waals surface area contributed by atoms with E-state index in [4.69, 9.17) is 4.98 Å². The van der Waals surface area contributed by atoms with Crippen molar-refractivity contribution in [2.24, 2.45) is 13.0 Å². The number of carbonyl (C=O) groups excluding carboxylic acids is 1. The number of para-hydroxylation sites is 1. The maximum absolute atomic E-state index is 15.3. The molecule has 1 unspecified atom stereocenters. The van der Waals surface area contributed by atoms with E-state index in [1.807, 2.05) is 0 Å². The molecule has 3 N–H and O–H groups in total. The van der Waals surface area contributed by atoms with E-state index in [1.54, 1.807) is 31.3 Å². The molecule has 0 spiro atoms. The third-order valence-corrected chi connectivity index (χ3v) is 9.49. The van der Waals surface area contributed by atoms with Gasteiger partial charge in [-0.25, -0.2) is 31.3 Å². The zero-order valence-electron chi connectivity index (χ0n) is 29.4. The standard InChI is InChI=1S/C38H33F8N7O2/c1-37(2,55)10-9-21-7-8-22(23-5-4-6-24-33(23)52(3)51-36(24)47-16-28(41)42)31(48-21)27(13-18-11-19(39)14-20(40)12-18)49-29(54)17-53-34-30(32(50-53)35(43)44)25-15-26(25)38(34,45)46/h4-8,11-12,14,25-28,35,55H,13,15-17H2,1-3H3,(H,47,51)(H,49,54)/t25?,26-,27+/m1/s1. The molecule has 55 heavy (non-hydrogen) atoms. The molecule has 288 valence electrons. The fourth-order valence-electron chi connectivity index (χ4n) is 7.25. The maximum Gasteiger partial charge on any atom is 0.293 e. The number of alkyl halides is 6. The van der Waals surface area contributed by atoms with Crippen molar-refractivity contribution in [2.75, 3.05) is 11.9 Å². The molecule has 2 aromatic carbocycles. The normalized spacial score (nSPS) is 17.6. The summed E-state index contributed by atoms with van der Waals surface area (Å²) in [5.41, 5.74) is -1.79. The van der Waals surface area contributed by atoms with Crippen LogP contribution < -0.4 is 10.6 Å². The van der Waals surface area contributed by atoms with Gasteiger partial charge in [0, 0.05) is 41.1 Å². The smallest absolute Gasteiger partial charge is 0.293 e. The minimum atomic E-state index is -3.49. The lowest BCUT2D eigenvalue weighted by molar-refractivity contribution is -0.123. The topological polar surface area (TPSA) is 110 Å². The lowest BCUT2D eigenvalue weighted by Gasteiger charge is -2.23. The number of nitrogens with one attached hydrogen (secondary N) is 2. The number of halogens is 8. The Bertz CT molecular complexity index is 2350. The summed E-state index contributed by atoms with van der Waals surface area (Å²) in [5.74, 6) is -2.68. The van der Waals surface area contributed by atoms with Crippen molar-refractivity contribution in [3.05, 3.63) is 94.1 Å². The van der Waals surface area contributed by atoms with E-state index in [2.05, 4.69) is 32.7 Å². The number of amides is 1. The maximum atomic E-state index is 15.3. The van der Waals surface area contributed by atoms with Crippen LogP contribution >= 0.6 is 0 Å². The molecule has 1 amide bonds. The van der Waals surface area contributed by atoms with Gasteiger partial charge in [0.05, 0.1) is 23.8 Å². The van der Waals surface area contributed by atoms with Crippen LogP contribution in [0.25, 0.3) is 22.0 Å². The van der Waals surface area contributed by atoms with Gasteiger partial charge in [0.1, 0.15) is 40.9 Å². The Morgan fingerprint density at radius 1 is 1.04 bits per heavy atom. The van der Waals surface area contributed by atoms with Gasteiger partial charge in [-0.15, -0.1) is 0 Å². The first kappa shape index (κ1) is 37.8. The molecule has 0 saturated heterocycles. The monoisotopic (exact) mass is 771 g/mol. The van der Waals surface area contributed by atoms with Crippen molar-refractivity contribution in [1.29, 1.82) is 0 Å². The molecule has 1 fully saturated rings. The summed E-state index contributed by atoms with van der Waals surface area (Å²) >= 11 is 0. The second-order valence-corrected chi connectivity index (χ2v) is 14.2. The number of fused-ring (bicyclic) bond motifs is 4. The van der Waals surface area contributed by atoms with Crippen molar-refractivity contribution >= 4 is 22.6 Å². The Labute approximate surface area is 308 Å². The molecule has 0 bridgehead atoms. The van der Waals surface area contributed by atoms with E-state index < -0.39 is 84.3 Å². The van der Waals surface area contributed by atoms with Crippen LogP contribution in [-0.4, -0.2) is 54.1 Å². The quantitative estimate of drug-likeness (QED) is 0.0973. The third kappa shape index (κ3) is 7.47. The van der Waals surface area contributed by atoms with Gasteiger partial charge in [-0.1, -0.05) is 18.1 Å². The summed E-state index contributed by atoms with van der Waals surface area (Å²) in [6.07, 6.45) is -6.12. The first-order valence-corrected chi connectivity index (χ1v) is 17.2. The largest absolute Gasteiger partial charge is 0.378 e. The first-order valence-electron chi connectivity index (χ1n) is 17.2. The third-order valence-electron chi connectivity index (χ3n) is 9.49. The summed E-state index contributed by atoms with van der Waals surface area (Å²) < 4.78 is 116. The molecule has 9 nitrogen and oxygen atoms in total. The first-order chi connectivity index (χ1) is 25.9. The van der Waals surface area contributed by atoms with E-state index in [9.17, 15) is 36.2 Å². The Morgan fingerprint density at radius 2 is 1.76 bits per heavy atom. The second kappa shape index (κ2) is 14.0. The summed E-state index contributed by atoms with van der Waals surface area (Å²) in [6, 6.07) is 9.53. The van der Waals surface area contributed by atoms with Crippen LogP contribution in [0.5, 0.6) is 0 Å². The minimum Gasteiger partial charge on any atom is -0.378 e. The number of carbonyl (C=O) groups is 1. The van der Waals surface area contributed by atoms with Crippen molar-refractivity contribution < 1.29 is 45.0 Å². The average molecular weight is 772 g/mol. The second-order valence-electron chi connectivity index (χ2n) is 14.2. The minimum absolute atomic E-state index is 0.0260. The predicted molar refractivity (Wildman–Crippen MR) is 184 cm³/mol. The van der Waals surface area contributed by atoms with E-state index in [-0.39, 0.29) is 41.2 Å². The van der Waals surface area contributed by atoms with Crippen molar-refractivity contribution in [3.63, 3.8) is 0 Å². The number of aryl methyl sites for hydroxylation is 1. The number of aliphatic hydroxyl groups is 1. The van der Waals surface area contributed by atoms with Crippen LogP contribution in [0.15, 0.2) is 48.5 Å². The Balaban J connectivity index is 1.35. The highest BCUT2D eigenvalue weighted by Crippen LogP contribution is 2.68. The fraction of sp³-hybridized carbons (Fsp3) is 0.368. The molecular weight excluding hydrogens is 738 g/mol. The Morgan fingerprint density at radius 3 is 2.44 bits per heavy atom. The SMILES string of the molecule is Cn1nc(NCC(F)F)c2cccc(-c3ccc(C#CC(C)(C)O)nc3[C@H](Cc3cc(F)cc(F)c3)NC(=O)Cn3nc(C(F)F)c4c3C(F)(F)[C@@H]3CC43)c21. The zero-order valence-corrected chi connectivity index (χ0v) is 29.4. The molecule has 7 rings (SSSR count). The molecule has 0 aliphatic heterocycles. The Kier molecular flexibility index (Phi) is 9.60. The summed E-state index contributed by atoms with van der Waals surface area (Å²) in [6.45, 7) is 1.31. The van der Waals surface area contributed by atoms with Crippen LogP contribution in [-0.2, 0) is 30.7 Å². The number of aromatic nitrogens is 5. The van der Waals surface area contributed by atoms with E-state index in [0.717, 1.165) is 12.1 Å². The average Bonchev–Trinajstić information content (AvgIpc) is 3.64. The van der Waals surface area contributed by atoms with Gasteiger partial charge < -0.3 is 15.7 Å². The number of anilines is 1. The zero-order chi connectivity index (χ0) is 39.6. The molecular formula is C38H33F8N7O2. The highest BCUT2D eigenvalue weighted by molar-refractivity contribution is 6.00. The lowest BCUT2D eigenvalue weighted by Crippen LogP contribution is -2.35. The highest BCUT2D eigenvalue weighted by Gasteiger charge is 2.67. The number of rotatable bonds is 11. The molecule has 3 atom stereocenters. The van der Waals surface area contributed by atoms with Crippen LogP contribution in [0.4, 0.5) is 40.9 Å². The van der Waals surface area contributed by atoms with Crippen molar-refractivity contribution in [2.45, 2.75) is 69.6 Å². The molecule has 5 aromatic rings. The molecule has 0 radical (unpaired) electrons. The van der Waals surface area contributed by atoms with Crippen LogP contribution in [0, 0.1) is 29.4 Å². The van der Waals surface area contributed by atoms with Gasteiger partial charge in [0.2, 0.25) is 5.91 Å². The van der Waals surface area contributed by atoms with Crippen molar-refractivity contribution in [3.8, 4) is 23.0 Å². The molecule has 3 heterocycles. The van der Waals surface area contributed by atoms with Crippen molar-refractivity contribution in [1.82, 2.24) is 29.9 Å². The number of pyridine rings is 1. The van der Waals surface area contributed by atoms with E-state index >= 15 is 8.78 Å². The van der Waals surface area contributed by atoms with Crippen LogP contribution in [0.1, 0.15) is 72.6 Å². The summed E-state index contributed by atoms with van der Waals surface area (Å²) in [4.78, 5) is 18.6. The van der Waals surface area contributed by atoms with E-state index in [1.165, 1.54) is 24.6 Å².